The van der Waals surface area contributed by atoms with Crippen molar-refractivity contribution in [3.8, 4) is 11.5 Å². The average molecular weight is 598 g/mol. The first-order chi connectivity index (χ1) is 19.8. The standard InChI is InChI=1S/C31H36ClN3O7/c1-19-6-5-7-24(32)26(19)34-28(39)27(21-10-14-23(38)15-11-21)35(16-17-36)29(40)25(33-30(41)42-31(2,3)4)18-20-8-12-22(37)13-9-20/h5-15,25,27,36-38H,16-18H2,1-4H3,(H,33,41)(H,34,39). The fourth-order valence-corrected chi connectivity index (χ4v) is 4.57. The molecule has 0 saturated heterocycles. The van der Waals surface area contributed by atoms with Crippen LogP contribution in [0.5, 0.6) is 11.5 Å². The number of ether oxygens (including phenoxy) is 1. The Morgan fingerprint density at radius 2 is 1.55 bits per heavy atom. The number of benzene rings is 3. The van der Waals surface area contributed by atoms with E-state index in [1.54, 1.807) is 58.0 Å². The summed E-state index contributed by atoms with van der Waals surface area (Å²) in [6.45, 7) is 6.07. The van der Waals surface area contributed by atoms with E-state index in [1.807, 2.05) is 0 Å². The first kappa shape index (κ1) is 32.2. The molecule has 11 heteroatoms. The van der Waals surface area contributed by atoms with Crippen molar-refractivity contribution in [1.82, 2.24) is 10.2 Å². The number of nitrogens with zero attached hydrogens (tertiary/aromatic N) is 1. The lowest BCUT2D eigenvalue weighted by Gasteiger charge is -2.34. The molecule has 0 spiro atoms. The third kappa shape index (κ3) is 8.86. The number of rotatable bonds is 10. The van der Waals surface area contributed by atoms with Crippen LogP contribution < -0.4 is 10.6 Å². The number of phenolic OH excluding ortho intramolecular Hbond substituents is 2. The Morgan fingerprint density at radius 3 is 2.10 bits per heavy atom. The molecule has 0 radical (unpaired) electrons. The molecule has 0 aliphatic rings. The zero-order chi connectivity index (χ0) is 31.0. The van der Waals surface area contributed by atoms with Gasteiger partial charge in [0.1, 0.15) is 29.2 Å². The number of amides is 3. The normalized spacial score (nSPS) is 12.6. The van der Waals surface area contributed by atoms with Crippen LogP contribution in [-0.2, 0) is 20.7 Å². The van der Waals surface area contributed by atoms with Gasteiger partial charge in [-0.25, -0.2) is 4.79 Å². The topological polar surface area (TPSA) is 148 Å². The van der Waals surface area contributed by atoms with E-state index in [4.69, 9.17) is 16.3 Å². The van der Waals surface area contributed by atoms with E-state index >= 15 is 0 Å². The molecule has 10 nitrogen and oxygen atoms in total. The van der Waals surface area contributed by atoms with E-state index < -0.39 is 42.2 Å². The molecule has 0 aromatic heterocycles. The van der Waals surface area contributed by atoms with Gasteiger partial charge in [0.15, 0.2) is 0 Å². The zero-order valence-corrected chi connectivity index (χ0v) is 24.7. The van der Waals surface area contributed by atoms with Crippen molar-refractivity contribution in [3.63, 3.8) is 0 Å². The number of aliphatic hydroxyl groups excluding tert-OH is 1. The van der Waals surface area contributed by atoms with E-state index in [0.717, 1.165) is 4.90 Å². The summed E-state index contributed by atoms with van der Waals surface area (Å²) < 4.78 is 5.39. The van der Waals surface area contributed by atoms with Gasteiger partial charge in [0.25, 0.3) is 5.91 Å². The SMILES string of the molecule is Cc1cccc(Cl)c1NC(=O)C(c1ccc(O)cc1)N(CCO)C(=O)C(Cc1ccc(O)cc1)NC(=O)OC(C)(C)C. The third-order valence-electron chi connectivity index (χ3n) is 6.23. The predicted molar refractivity (Wildman–Crippen MR) is 159 cm³/mol. The summed E-state index contributed by atoms with van der Waals surface area (Å²) in [4.78, 5) is 42.1. The van der Waals surface area contributed by atoms with Gasteiger partial charge in [-0.2, -0.15) is 0 Å². The highest BCUT2D eigenvalue weighted by Gasteiger charge is 2.36. The number of anilines is 1. The maximum atomic E-state index is 14.2. The molecule has 42 heavy (non-hydrogen) atoms. The van der Waals surface area contributed by atoms with Gasteiger partial charge in [-0.05, 0) is 74.7 Å². The molecule has 0 aliphatic carbocycles. The van der Waals surface area contributed by atoms with E-state index in [2.05, 4.69) is 10.6 Å². The van der Waals surface area contributed by atoms with Gasteiger partial charge in [-0.3, -0.25) is 9.59 Å². The molecule has 2 unspecified atom stereocenters. The summed E-state index contributed by atoms with van der Waals surface area (Å²) in [6.07, 6.45) is -0.853. The molecule has 2 atom stereocenters. The van der Waals surface area contributed by atoms with Crippen molar-refractivity contribution in [2.24, 2.45) is 0 Å². The number of alkyl carbamates (subject to hydrolysis) is 1. The van der Waals surface area contributed by atoms with Crippen molar-refractivity contribution in [2.45, 2.75) is 51.8 Å². The molecule has 0 saturated carbocycles. The van der Waals surface area contributed by atoms with Crippen LogP contribution in [0.3, 0.4) is 0 Å². The molecule has 3 amide bonds. The Labute approximate surface area is 249 Å². The maximum absolute atomic E-state index is 14.2. The van der Waals surface area contributed by atoms with Crippen molar-refractivity contribution < 1.29 is 34.4 Å². The number of aliphatic hydroxyl groups is 1. The van der Waals surface area contributed by atoms with Gasteiger partial charge in [-0.15, -0.1) is 0 Å². The second-order valence-electron chi connectivity index (χ2n) is 10.7. The molecule has 224 valence electrons. The smallest absolute Gasteiger partial charge is 0.408 e. The number of aromatic hydroxyl groups is 2. The first-order valence-corrected chi connectivity index (χ1v) is 13.7. The summed E-state index contributed by atoms with van der Waals surface area (Å²) in [6, 6.07) is 14.5. The van der Waals surface area contributed by atoms with Gasteiger partial charge in [-0.1, -0.05) is 48.0 Å². The van der Waals surface area contributed by atoms with Gasteiger partial charge in [0.05, 0.1) is 17.3 Å². The minimum absolute atomic E-state index is 0.00613. The van der Waals surface area contributed by atoms with Crippen LogP contribution in [0.2, 0.25) is 5.02 Å². The Bertz CT molecular complexity index is 1370. The predicted octanol–water partition coefficient (Wildman–Crippen LogP) is 4.70. The summed E-state index contributed by atoms with van der Waals surface area (Å²) >= 11 is 6.36. The average Bonchev–Trinajstić information content (AvgIpc) is 2.91. The molecule has 0 heterocycles. The van der Waals surface area contributed by atoms with Crippen LogP contribution in [0.25, 0.3) is 0 Å². The quantitative estimate of drug-likeness (QED) is 0.227. The van der Waals surface area contributed by atoms with Crippen molar-refractivity contribution in [3.05, 3.63) is 88.4 Å². The minimum atomic E-state index is -1.29. The molecule has 0 bridgehead atoms. The summed E-state index contributed by atoms with van der Waals surface area (Å²) in [7, 11) is 0. The highest BCUT2D eigenvalue weighted by atomic mass is 35.5. The van der Waals surface area contributed by atoms with Crippen LogP contribution in [0, 0.1) is 6.92 Å². The molecule has 5 N–H and O–H groups in total. The molecule has 3 rings (SSSR count). The molecule has 0 fully saturated rings. The van der Waals surface area contributed by atoms with Gasteiger partial charge < -0.3 is 35.6 Å². The number of aryl methyl sites for hydroxylation is 1. The van der Waals surface area contributed by atoms with Crippen molar-refractivity contribution in [1.29, 1.82) is 0 Å². The Hall–Kier alpha value is -4.28. The Kier molecular flexibility index (Phi) is 10.8. The maximum Gasteiger partial charge on any atom is 0.408 e. The van der Waals surface area contributed by atoms with E-state index in [1.165, 1.54) is 36.4 Å². The number of hydrogen-bond acceptors (Lipinski definition) is 7. The minimum Gasteiger partial charge on any atom is -0.508 e. The third-order valence-corrected chi connectivity index (χ3v) is 6.54. The number of para-hydroxylation sites is 1. The molecule has 0 aliphatic heterocycles. The van der Waals surface area contributed by atoms with Crippen molar-refractivity contribution >= 4 is 35.2 Å². The van der Waals surface area contributed by atoms with Crippen LogP contribution in [-0.4, -0.2) is 62.9 Å². The van der Waals surface area contributed by atoms with E-state index in [0.29, 0.717) is 27.4 Å². The summed E-state index contributed by atoms with van der Waals surface area (Å²) in [5.74, 6) is -1.31. The number of phenols is 2. The van der Waals surface area contributed by atoms with Crippen LogP contribution >= 0.6 is 11.6 Å². The lowest BCUT2D eigenvalue weighted by molar-refractivity contribution is -0.141. The number of carbonyl (C=O) groups is 3. The first-order valence-electron chi connectivity index (χ1n) is 13.3. The number of halogens is 1. The molecule has 3 aromatic rings. The fraction of sp³-hybridized carbons (Fsp3) is 0.323. The highest BCUT2D eigenvalue weighted by molar-refractivity contribution is 6.34. The monoisotopic (exact) mass is 597 g/mol. The lowest BCUT2D eigenvalue weighted by Crippen LogP contribution is -2.53. The lowest BCUT2D eigenvalue weighted by atomic mass is 10.00. The second kappa shape index (κ2) is 14.1. The Balaban J connectivity index is 2.06. The molecular formula is C31H36ClN3O7. The van der Waals surface area contributed by atoms with Crippen LogP contribution in [0.4, 0.5) is 10.5 Å². The van der Waals surface area contributed by atoms with Crippen LogP contribution in [0.15, 0.2) is 66.7 Å². The largest absolute Gasteiger partial charge is 0.508 e. The zero-order valence-electron chi connectivity index (χ0n) is 23.9. The number of hydrogen-bond donors (Lipinski definition) is 5. The van der Waals surface area contributed by atoms with Gasteiger partial charge >= 0.3 is 6.09 Å². The number of carbonyl (C=O) groups excluding carboxylic acids is 3. The molecule has 3 aromatic carbocycles. The van der Waals surface area contributed by atoms with Crippen molar-refractivity contribution in [2.75, 3.05) is 18.5 Å². The van der Waals surface area contributed by atoms with Gasteiger partial charge in [0.2, 0.25) is 5.91 Å². The highest BCUT2D eigenvalue weighted by Crippen LogP contribution is 2.30. The number of nitrogens with one attached hydrogen (secondary N) is 2. The van der Waals surface area contributed by atoms with E-state index in [-0.39, 0.29) is 24.5 Å². The fourth-order valence-electron chi connectivity index (χ4n) is 4.30. The van der Waals surface area contributed by atoms with Crippen LogP contribution in [0.1, 0.15) is 43.5 Å². The second-order valence-corrected chi connectivity index (χ2v) is 11.1. The summed E-state index contributed by atoms with van der Waals surface area (Å²) in [5, 5.41) is 35.3. The van der Waals surface area contributed by atoms with E-state index in [9.17, 15) is 29.7 Å². The van der Waals surface area contributed by atoms with Gasteiger partial charge in [0, 0.05) is 13.0 Å². The molecular weight excluding hydrogens is 562 g/mol. The Morgan fingerprint density at radius 1 is 0.952 bits per heavy atom. The summed E-state index contributed by atoms with van der Waals surface area (Å²) in [5.41, 5.74) is 1.16.